The molecule has 0 saturated heterocycles. The van der Waals surface area contributed by atoms with Crippen molar-refractivity contribution in [2.75, 3.05) is 6.54 Å². The summed E-state index contributed by atoms with van der Waals surface area (Å²) in [6.45, 7) is 4.18. The van der Waals surface area contributed by atoms with Gasteiger partial charge in [0.2, 0.25) is 0 Å². The zero-order valence-electron chi connectivity index (χ0n) is 11.2. The van der Waals surface area contributed by atoms with Crippen LogP contribution in [-0.4, -0.2) is 31.8 Å². The Kier molecular flexibility index (Phi) is 4.33. The molecule has 1 aromatic carbocycles. The van der Waals surface area contributed by atoms with Gasteiger partial charge in [-0.1, -0.05) is 11.6 Å². The second-order valence-corrected chi connectivity index (χ2v) is 7.81. The maximum atomic E-state index is 12.5. The van der Waals surface area contributed by atoms with E-state index in [1.807, 2.05) is 6.92 Å². The van der Waals surface area contributed by atoms with Crippen LogP contribution in [-0.2, 0) is 9.05 Å². The van der Waals surface area contributed by atoms with Crippen LogP contribution in [0.4, 0.5) is 0 Å². The van der Waals surface area contributed by atoms with Crippen molar-refractivity contribution in [1.29, 1.82) is 0 Å². The molecular weight excluding hydrogens is 321 g/mol. The Bertz CT molecular complexity index is 654. The topological polar surface area (TPSA) is 54.5 Å². The summed E-state index contributed by atoms with van der Waals surface area (Å²) in [5.41, 5.74) is 0.866. The molecule has 0 radical (unpaired) electrons. The molecule has 1 aliphatic rings. The zero-order valence-corrected chi connectivity index (χ0v) is 13.5. The summed E-state index contributed by atoms with van der Waals surface area (Å²) >= 11 is 6.02. The Balaban J connectivity index is 2.49. The number of carbonyl (C=O) groups excluding carboxylic acids is 1. The molecule has 0 heterocycles. The molecule has 110 valence electrons. The number of nitrogens with zero attached hydrogens (tertiary/aromatic N) is 1. The lowest BCUT2D eigenvalue weighted by molar-refractivity contribution is 0.0751. The number of carbonyl (C=O) groups is 1. The largest absolute Gasteiger partial charge is 0.336 e. The van der Waals surface area contributed by atoms with Crippen molar-refractivity contribution in [3.8, 4) is 0 Å². The van der Waals surface area contributed by atoms with Gasteiger partial charge in [-0.15, -0.1) is 0 Å². The van der Waals surface area contributed by atoms with Crippen LogP contribution in [0.3, 0.4) is 0 Å². The number of benzene rings is 1. The summed E-state index contributed by atoms with van der Waals surface area (Å²) in [4.78, 5) is 14.1. The fourth-order valence-electron chi connectivity index (χ4n) is 2.13. The summed E-state index contributed by atoms with van der Waals surface area (Å²) in [7, 11) is 1.42. The van der Waals surface area contributed by atoms with E-state index >= 15 is 0 Å². The van der Waals surface area contributed by atoms with Crippen LogP contribution in [0.2, 0.25) is 5.02 Å². The number of rotatable bonds is 4. The van der Waals surface area contributed by atoms with E-state index in [0.717, 1.165) is 12.8 Å². The predicted octanol–water partition coefficient (Wildman–Crippen LogP) is 3.20. The van der Waals surface area contributed by atoms with Crippen LogP contribution in [0, 0.1) is 6.92 Å². The third kappa shape index (κ3) is 3.10. The lowest BCUT2D eigenvalue weighted by Gasteiger charge is -2.22. The molecule has 2 rings (SSSR count). The average molecular weight is 336 g/mol. The predicted molar refractivity (Wildman–Crippen MR) is 79.0 cm³/mol. The van der Waals surface area contributed by atoms with Gasteiger partial charge in [-0.2, -0.15) is 0 Å². The maximum Gasteiger partial charge on any atom is 0.261 e. The third-order valence-corrected chi connectivity index (χ3v) is 5.14. The lowest BCUT2D eigenvalue weighted by atomic mass is 10.1. The van der Waals surface area contributed by atoms with E-state index in [9.17, 15) is 13.2 Å². The molecule has 0 unspecified atom stereocenters. The SMILES string of the molecule is CCN(C(=O)c1cc(S(=O)(=O)Cl)cc(Cl)c1C)C1CC1. The van der Waals surface area contributed by atoms with Gasteiger partial charge in [0, 0.05) is 33.9 Å². The van der Waals surface area contributed by atoms with Crippen LogP contribution in [0.25, 0.3) is 0 Å². The summed E-state index contributed by atoms with van der Waals surface area (Å²) in [5.74, 6) is -0.198. The monoisotopic (exact) mass is 335 g/mol. The first-order chi connectivity index (χ1) is 9.25. The van der Waals surface area contributed by atoms with Crippen molar-refractivity contribution < 1.29 is 13.2 Å². The number of amides is 1. The molecular formula is C13H15Cl2NO3S. The minimum Gasteiger partial charge on any atom is -0.336 e. The van der Waals surface area contributed by atoms with Crippen LogP contribution in [0.15, 0.2) is 17.0 Å². The molecule has 0 bridgehead atoms. The molecule has 7 heteroatoms. The maximum absolute atomic E-state index is 12.5. The normalized spacial score (nSPS) is 15.2. The van der Waals surface area contributed by atoms with E-state index in [1.54, 1.807) is 11.8 Å². The Morgan fingerprint density at radius 3 is 2.45 bits per heavy atom. The van der Waals surface area contributed by atoms with Crippen molar-refractivity contribution in [2.24, 2.45) is 0 Å². The summed E-state index contributed by atoms with van der Waals surface area (Å²) in [6.07, 6.45) is 1.97. The van der Waals surface area contributed by atoms with Gasteiger partial charge in [0.1, 0.15) is 0 Å². The van der Waals surface area contributed by atoms with Gasteiger partial charge >= 0.3 is 0 Å². The average Bonchev–Trinajstić information content (AvgIpc) is 3.16. The van der Waals surface area contributed by atoms with Gasteiger partial charge in [0.15, 0.2) is 0 Å². The Hall–Kier alpha value is -0.780. The quantitative estimate of drug-likeness (QED) is 0.794. The number of hydrogen-bond donors (Lipinski definition) is 0. The van der Waals surface area contributed by atoms with Gasteiger partial charge in [0.25, 0.3) is 15.0 Å². The second-order valence-electron chi connectivity index (χ2n) is 4.84. The summed E-state index contributed by atoms with van der Waals surface area (Å²) in [5, 5.41) is 0.224. The fraction of sp³-hybridized carbons (Fsp3) is 0.462. The van der Waals surface area contributed by atoms with Gasteiger partial charge in [-0.25, -0.2) is 8.42 Å². The molecule has 1 aromatic rings. The van der Waals surface area contributed by atoms with E-state index in [0.29, 0.717) is 17.7 Å². The zero-order chi connectivity index (χ0) is 15.1. The van der Waals surface area contributed by atoms with Crippen LogP contribution < -0.4 is 0 Å². The Labute approximate surface area is 128 Å². The molecule has 0 aliphatic heterocycles. The molecule has 4 nitrogen and oxygen atoms in total. The first-order valence-electron chi connectivity index (χ1n) is 6.31. The van der Waals surface area contributed by atoms with Crippen LogP contribution in [0.5, 0.6) is 0 Å². The standard InChI is InChI=1S/C13H15Cl2NO3S/c1-3-16(9-4-5-9)13(17)11-6-10(20(15,18)19)7-12(14)8(11)2/h6-7,9H,3-5H2,1-2H3. The summed E-state index contributed by atoms with van der Waals surface area (Å²) in [6, 6.07) is 2.82. The smallest absolute Gasteiger partial charge is 0.261 e. The second kappa shape index (κ2) is 5.54. The molecule has 1 fully saturated rings. The summed E-state index contributed by atoms with van der Waals surface area (Å²) < 4.78 is 22.9. The molecule has 0 spiro atoms. The molecule has 1 amide bonds. The van der Waals surface area contributed by atoms with Gasteiger partial charge in [-0.3, -0.25) is 4.79 Å². The highest BCUT2D eigenvalue weighted by Gasteiger charge is 2.33. The minimum absolute atomic E-state index is 0.148. The third-order valence-electron chi connectivity index (χ3n) is 3.42. The molecule has 0 aromatic heterocycles. The molecule has 0 N–H and O–H groups in total. The lowest BCUT2D eigenvalue weighted by Crippen LogP contribution is -2.33. The Morgan fingerprint density at radius 1 is 1.40 bits per heavy atom. The first kappa shape index (κ1) is 15.6. The van der Waals surface area contributed by atoms with E-state index in [1.165, 1.54) is 12.1 Å². The molecule has 1 saturated carbocycles. The van der Waals surface area contributed by atoms with Crippen LogP contribution >= 0.6 is 22.3 Å². The number of halogens is 2. The Morgan fingerprint density at radius 2 is 2.00 bits per heavy atom. The molecule has 1 aliphatic carbocycles. The highest BCUT2D eigenvalue weighted by atomic mass is 35.7. The van der Waals surface area contributed by atoms with Crippen molar-refractivity contribution >= 4 is 37.2 Å². The van der Waals surface area contributed by atoms with Crippen LogP contribution in [0.1, 0.15) is 35.7 Å². The van der Waals surface area contributed by atoms with E-state index in [4.69, 9.17) is 22.3 Å². The highest BCUT2D eigenvalue weighted by Crippen LogP contribution is 2.31. The molecule has 20 heavy (non-hydrogen) atoms. The van der Waals surface area contributed by atoms with E-state index in [-0.39, 0.29) is 21.9 Å². The van der Waals surface area contributed by atoms with E-state index < -0.39 is 9.05 Å². The fourth-order valence-corrected chi connectivity index (χ4v) is 3.19. The van der Waals surface area contributed by atoms with Crippen molar-refractivity contribution in [3.63, 3.8) is 0 Å². The van der Waals surface area contributed by atoms with Crippen molar-refractivity contribution in [2.45, 2.75) is 37.6 Å². The van der Waals surface area contributed by atoms with Gasteiger partial charge in [-0.05, 0) is 44.4 Å². The molecule has 0 atom stereocenters. The van der Waals surface area contributed by atoms with Gasteiger partial charge < -0.3 is 4.90 Å². The number of hydrogen-bond acceptors (Lipinski definition) is 3. The highest BCUT2D eigenvalue weighted by molar-refractivity contribution is 8.13. The van der Waals surface area contributed by atoms with E-state index in [2.05, 4.69) is 0 Å². The van der Waals surface area contributed by atoms with Crippen molar-refractivity contribution in [1.82, 2.24) is 4.90 Å². The van der Waals surface area contributed by atoms with Gasteiger partial charge in [0.05, 0.1) is 4.90 Å². The minimum atomic E-state index is -3.92. The first-order valence-corrected chi connectivity index (χ1v) is 9.00. The van der Waals surface area contributed by atoms with Crippen molar-refractivity contribution in [3.05, 3.63) is 28.3 Å².